The fourth-order valence-corrected chi connectivity index (χ4v) is 2.47. The number of carbonyl (C=O) groups excluding carboxylic acids is 2. The molecule has 0 aliphatic rings. The Balaban J connectivity index is 3.11. The zero-order chi connectivity index (χ0) is 11.5. The van der Waals surface area contributed by atoms with Crippen LogP contribution in [0.5, 0.6) is 0 Å². The van der Waals surface area contributed by atoms with Gasteiger partial charge in [-0.3, -0.25) is 0 Å². The second-order valence-electron chi connectivity index (χ2n) is 2.76. The first kappa shape index (κ1) is 14.7. The van der Waals surface area contributed by atoms with Gasteiger partial charge in [-0.05, 0) is 0 Å². The van der Waals surface area contributed by atoms with Crippen LogP contribution in [0.15, 0.2) is 0 Å². The normalized spacial score (nSPS) is 9.73. The first-order valence-corrected chi connectivity index (χ1v) is 8.39. The summed E-state index contributed by atoms with van der Waals surface area (Å²) in [6, 6.07) is 0. The number of ether oxygens (including phenoxy) is 2. The average Bonchev–Trinajstić information content (AvgIpc) is 2.26. The summed E-state index contributed by atoms with van der Waals surface area (Å²) < 4.78 is 11.8. The Morgan fingerprint density at radius 1 is 0.933 bits per heavy atom. The molecule has 15 heavy (non-hydrogen) atoms. The molecule has 0 aromatic carbocycles. The van der Waals surface area contributed by atoms with Crippen molar-refractivity contribution in [3.8, 4) is 0 Å². The van der Waals surface area contributed by atoms with Gasteiger partial charge in [0.05, 0.1) is 0 Å². The van der Waals surface area contributed by atoms with Crippen molar-refractivity contribution in [1.82, 2.24) is 0 Å². The molecule has 0 spiro atoms. The fraction of sp³-hybridized carbons (Fsp3) is 0.800. The Morgan fingerprint density at radius 3 is 1.67 bits per heavy atom. The van der Waals surface area contributed by atoms with Crippen LogP contribution in [-0.2, 0) is 19.1 Å². The van der Waals surface area contributed by atoms with Gasteiger partial charge in [0.25, 0.3) is 0 Å². The zero-order valence-electron chi connectivity index (χ0n) is 9.28. The first-order chi connectivity index (χ1) is 7.20. The summed E-state index contributed by atoms with van der Waals surface area (Å²) in [5.41, 5.74) is 0. The molecule has 5 heteroatoms. The molecule has 0 unspecified atom stereocenters. The molecule has 0 heterocycles. The Kier molecular flexibility index (Phi) is 10.1. The summed E-state index contributed by atoms with van der Waals surface area (Å²) in [5.74, 6) is -0.278. The molecular weight excluding hydrogens is 312 g/mol. The van der Waals surface area contributed by atoms with Crippen molar-refractivity contribution in [2.75, 3.05) is 13.2 Å². The van der Waals surface area contributed by atoms with Gasteiger partial charge in [-0.15, -0.1) is 0 Å². The Morgan fingerprint density at radius 2 is 1.33 bits per heavy atom. The van der Waals surface area contributed by atoms with Crippen molar-refractivity contribution in [1.29, 1.82) is 0 Å². The van der Waals surface area contributed by atoms with E-state index < -0.39 is 0 Å². The van der Waals surface area contributed by atoms with Gasteiger partial charge < -0.3 is 0 Å². The van der Waals surface area contributed by atoms with Crippen molar-refractivity contribution in [3.63, 3.8) is 0 Å². The predicted molar refractivity (Wildman–Crippen MR) is 57.9 cm³/mol. The molecule has 0 saturated carbocycles. The van der Waals surface area contributed by atoms with Crippen LogP contribution >= 0.6 is 0 Å². The molecule has 4 nitrogen and oxygen atoms in total. The summed E-state index contributed by atoms with van der Waals surface area (Å²) in [6.07, 6.45) is 0.878. The molecule has 0 rings (SSSR count). The van der Waals surface area contributed by atoms with E-state index in [1.165, 1.54) is 0 Å². The van der Waals surface area contributed by atoms with E-state index in [1.54, 1.807) is 13.8 Å². The Hall–Kier alpha value is -0.270. The minimum absolute atomic E-state index is 0.139. The summed E-state index contributed by atoms with van der Waals surface area (Å²) in [7, 11) is 0. The molecule has 0 amide bonds. The van der Waals surface area contributed by atoms with Gasteiger partial charge in [-0.1, -0.05) is 0 Å². The molecule has 0 N–H and O–H groups in total. The van der Waals surface area contributed by atoms with E-state index >= 15 is 0 Å². The van der Waals surface area contributed by atoms with Crippen LogP contribution in [0, 0.1) is 0 Å². The SMILES string of the molecule is CCC(=O)OCC[Te]CCOC(=O)CC. The predicted octanol–water partition coefficient (Wildman–Crippen LogP) is 1.43. The quantitative estimate of drug-likeness (QED) is 0.384. The van der Waals surface area contributed by atoms with Crippen molar-refractivity contribution in [3.05, 3.63) is 0 Å². The molecule has 0 atom stereocenters. The summed E-state index contributed by atoms with van der Waals surface area (Å²) in [5, 5.41) is 0. The summed E-state index contributed by atoms with van der Waals surface area (Å²) in [4.78, 5) is 21.5. The number of esters is 2. The molecule has 0 aromatic heterocycles. The molecule has 0 aromatic rings. The molecule has 0 aliphatic heterocycles. The molecule has 0 radical (unpaired) electrons. The number of hydrogen-bond donors (Lipinski definition) is 0. The minimum atomic E-state index is -0.170. The third kappa shape index (κ3) is 10.0. The maximum absolute atomic E-state index is 10.8. The van der Waals surface area contributed by atoms with Crippen LogP contribution in [0.3, 0.4) is 0 Å². The van der Waals surface area contributed by atoms with Gasteiger partial charge in [0.1, 0.15) is 0 Å². The van der Waals surface area contributed by atoms with Crippen LogP contribution in [-0.4, -0.2) is 46.1 Å². The van der Waals surface area contributed by atoms with E-state index in [1.807, 2.05) is 0 Å². The van der Waals surface area contributed by atoms with Gasteiger partial charge in [0.15, 0.2) is 0 Å². The van der Waals surface area contributed by atoms with Gasteiger partial charge in [0.2, 0.25) is 0 Å². The van der Waals surface area contributed by atoms with Crippen LogP contribution in [0.2, 0.25) is 8.94 Å². The molecule has 0 bridgehead atoms. The van der Waals surface area contributed by atoms with E-state index in [4.69, 9.17) is 9.47 Å². The van der Waals surface area contributed by atoms with E-state index in [-0.39, 0.29) is 32.9 Å². The van der Waals surface area contributed by atoms with E-state index in [0.29, 0.717) is 26.1 Å². The number of rotatable bonds is 8. The molecular formula is C10H18O4Te. The first-order valence-electron chi connectivity index (χ1n) is 5.09. The molecule has 0 saturated heterocycles. The number of carbonyl (C=O) groups is 2. The van der Waals surface area contributed by atoms with E-state index in [2.05, 4.69) is 0 Å². The van der Waals surface area contributed by atoms with E-state index in [0.717, 1.165) is 8.94 Å². The Bertz CT molecular complexity index is 174. The molecule has 0 aliphatic carbocycles. The van der Waals surface area contributed by atoms with Gasteiger partial charge in [-0.25, -0.2) is 0 Å². The second-order valence-corrected chi connectivity index (χ2v) is 6.26. The summed E-state index contributed by atoms with van der Waals surface area (Å²) >= 11 is -0.170. The van der Waals surface area contributed by atoms with Crippen LogP contribution in [0.1, 0.15) is 26.7 Å². The van der Waals surface area contributed by atoms with Crippen LogP contribution < -0.4 is 0 Å². The fourth-order valence-electron chi connectivity index (χ4n) is 0.735. The summed E-state index contributed by atoms with van der Waals surface area (Å²) in [6.45, 7) is 4.61. The van der Waals surface area contributed by atoms with Crippen LogP contribution in [0.4, 0.5) is 0 Å². The third-order valence-corrected chi connectivity index (χ3v) is 4.16. The van der Waals surface area contributed by atoms with Crippen molar-refractivity contribution < 1.29 is 19.1 Å². The van der Waals surface area contributed by atoms with E-state index in [9.17, 15) is 9.59 Å². The van der Waals surface area contributed by atoms with Gasteiger partial charge >= 0.3 is 101 Å². The maximum atomic E-state index is 10.8. The molecule has 88 valence electrons. The monoisotopic (exact) mass is 332 g/mol. The number of hydrogen-bond acceptors (Lipinski definition) is 4. The van der Waals surface area contributed by atoms with Crippen molar-refractivity contribution in [2.24, 2.45) is 0 Å². The Labute approximate surface area is 101 Å². The third-order valence-electron chi connectivity index (χ3n) is 1.56. The van der Waals surface area contributed by atoms with Gasteiger partial charge in [-0.2, -0.15) is 0 Å². The second kappa shape index (κ2) is 10.3. The molecule has 0 fully saturated rings. The van der Waals surface area contributed by atoms with Gasteiger partial charge in [0, 0.05) is 0 Å². The van der Waals surface area contributed by atoms with Crippen molar-refractivity contribution >= 4 is 32.9 Å². The van der Waals surface area contributed by atoms with Crippen molar-refractivity contribution in [2.45, 2.75) is 35.6 Å². The zero-order valence-corrected chi connectivity index (χ0v) is 11.6. The van der Waals surface area contributed by atoms with Crippen LogP contribution in [0.25, 0.3) is 0 Å². The topological polar surface area (TPSA) is 52.6 Å². The average molecular weight is 330 g/mol. The standard InChI is InChI=1S/C10H18O4Te/c1-3-9(11)13-5-7-15-8-6-14-10(12)4-2/h3-8H2,1-2H3.